The van der Waals surface area contributed by atoms with Crippen molar-refractivity contribution in [1.29, 1.82) is 0 Å². The Balaban J connectivity index is 0.00000243. The number of hydrogen-bond acceptors (Lipinski definition) is 2. The Morgan fingerprint density at radius 1 is 1.27 bits per heavy atom. The highest BCUT2D eigenvalue weighted by Gasteiger charge is 2.19. The van der Waals surface area contributed by atoms with Crippen LogP contribution < -0.4 is 11.1 Å². The Kier molecular flexibility index (Phi) is 6.40. The summed E-state index contributed by atoms with van der Waals surface area (Å²) in [5.41, 5.74) is 9.41. The van der Waals surface area contributed by atoms with Gasteiger partial charge in [0.2, 0.25) is 5.91 Å². The highest BCUT2D eigenvalue weighted by Crippen LogP contribution is 2.20. The van der Waals surface area contributed by atoms with E-state index in [1.807, 2.05) is 43.5 Å². The molecule has 0 saturated heterocycles. The lowest BCUT2D eigenvalue weighted by Gasteiger charge is -2.18. The zero-order valence-electron chi connectivity index (χ0n) is 14.8. The number of fused-ring (bicyclic) bond motifs is 1. The molecule has 2 aromatic carbocycles. The van der Waals surface area contributed by atoms with Crippen molar-refractivity contribution in [1.82, 2.24) is 10.3 Å². The summed E-state index contributed by atoms with van der Waals surface area (Å²) in [6, 6.07) is 11.9. The number of amides is 1. The smallest absolute Gasteiger partial charge is 0.237 e. The SMILES string of the molecule is Cc1ccc(C(C)NC(=O)[C@@H](N)Cc2c[nH]c3ccccc23)cc1F.Cl. The van der Waals surface area contributed by atoms with Gasteiger partial charge in [-0.3, -0.25) is 4.79 Å². The van der Waals surface area contributed by atoms with Crippen LogP contribution in [0.5, 0.6) is 0 Å². The van der Waals surface area contributed by atoms with Crippen LogP contribution in [0.2, 0.25) is 0 Å². The van der Waals surface area contributed by atoms with Gasteiger partial charge < -0.3 is 16.0 Å². The lowest BCUT2D eigenvalue weighted by Crippen LogP contribution is -2.42. The molecule has 0 aliphatic carbocycles. The number of carbonyl (C=O) groups excluding carboxylic acids is 1. The molecule has 0 spiro atoms. The van der Waals surface area contributed by atoms with Crippen molar-refractivity contribution in [3.8, 4) is 0 Å². The minimum atomic E-state index is -0.669. The zero-order valence-corrected chi connectivity index (χ0v) is 15.6. The van der Waals surface area contributed by atoms with E-state index < -0.39 is 6.04 Å². The number of halogens is 2. The molecule has 1 unspecified atom stereocenters. The lowest BCUT2D eigenvalue weighted by atomic mass is 10.0. The van der Waals surface area contributed by atoms with Gasteiger partial charge in [0.05, 0.1) is 12.1 Å². The average molecular weight is 376 g/mol. The standard InChI is InChI=1S/C20H22FN3O.ClH/c1-12-7-8-14(9-17(12)21)13(2)24-20(25)18(22)10-15-11-23-19-6-4-3-5-16(15)19;/h3-9,11,13,18,23H,10,22H2,1-2H3,(H,24,25);1H/t13?,18-;/m0./s1. The van der Waals surface area contributed by atoms with Crippen molar-refractivity contribution >= 4 is 29.2 Å². The van der Waals surface area contributed by atoms with Crippen LogP contribution in [0.4, 0.5) is 4.39 Å². The lowest BCUT2D eigenvalue weighted by molar-refractivity contribution is -0.123. The maximum atomic E-state index is 13.7. The van der Waals surface area contributed by atoms with Crippen molar-refractivity contribution in [2.24, 2.45) is 5.73 Å². The van der Waals surface area contributed by atoms with Gasteiger partial charge >= 0.3 is 0 Å². The van der Waals surface area contributed by atoms with Crippen LogP contribution in [-0.2, 0) is 11.2 Å². The third-order valence-electron chi connectivity index (χ3n) is 4.51. The summed E-state index contributed by atoms with van der Waals surface area (Å²) < 4.78 is 13.7. The van der Waals surface area contributed by atoms with Crippen LogP contribution in [0.3, 0.4) is 0 Å². The number of aryl methyl sites for hydroxylation is 1. The fraction of sp³-hybridized carbons (Fsp3) is 0.250. The van der Waals surface area contributed by atoms with Crippen LogP contribution in [-0.4, -0.2) is 16.9 Å². The third kappa shape index (κ3) is 4.23. The minimum Gasteiger partial charge on any atom is -0.361 e. The molecule has 6 heteroatoms. The second-order valence-corrected chi connectivity index (χ2v) is 6.41. The number of para-hydroxylation sites is 1. The summed E-state index contributed by atoms with van der Waals surface area (Å²) in [6.45, 7) is 3.53. The number of aromatic nitrogens is 1. The largest absolute Gasteiger partial charge is 0.361 e. The number of nitrogens with two attached hydrogens (primary N) is 1. The first-order valence-corrected chi connectivity index (χ1v) is 8.32. The van der Waals surface area contributed by atoms with Crippen LogP contribution in [0.25, 0.3) is 10.9 Å². The molecule has 1 aromatic heterocycles. The van der Waals surface area contributed by atoms with Gasteiger partial charge in [-0.2, -0.15) is 0 Å². The molecule has 0 radical (unpaired) electrons. The Bertz CT molecular complexity index is 909. The molecule has 0 bridgehead atoms. The molecule has 0 aliphatic rings. The van der Waals surface area contributed by atoms with Crippen molar-refractivity contribution in [3.05, 3.63) is 71.2 Å². The van der Waals surface area contributed by atoms with Crippen molar-refractivity contribution in [2.75, 3.05) is 0 Å². The number of carbonyl (C=O) groups is 1. The van der Waals surface area contributed by atoms with Gasteiger partial charge in [0.25, 0.3) is 0 Å². The molecular formula is C20H23ClFN3O. The highest BCUT2D eigenvalue weighted by atomic mass is 35.5. The number of hydrogen-bond donors (Lipinski definition) is 3. The van der Waals surface area contributed by atoms with Crippen molar-refractivity contribution < 1.29 is 9.18 Å². The van der Waals surface area contributed by atoms with E-state index in [1.54, 1.807) is 13.0 Å². The molecule has 0 fully saturated rings. The van der Waals surface area contributed by atoms with Gasteiger partial charge in [0, 0.05) is 17.1 Å². The first-order chi connectivity index (χ1) is 12.0. The number of aromatic amines is 1. The van der Waals surface area contributed by atoms with E-state index in [0.717, 1.165) is 22.0 Å². The molecule has 0 aliphatic heterocycles. The second kappa shape index (κ2) is 8.34. The van der Waals surface area contributed by atoms with Crippen molar-refractivity contribution in [2.45, 2.75) is 32.4 Å². The van der Waals surface area contributed by atoms with Gasteiger partial charge in [-0.1, -0.05) is 30.3 Å². The van der Waals surface area contributed by atoms with Crippen molar-refractivity contribution in [3.63, 3.8) is 0 Å². The van der Waals surface area contributed by atoms with Crippen LogP contribution in [0.15, 0.2) is 48.7 Å². The Morgan fingerprint density at radius 3 is 2.73 bits per heavy atom. The number of benzene rings is 2. The van der Waals surface area contributed by atoms with E-state index in [0.29, 0.717) is 12.0 Å². The van der Waals surface area contributed by atoms with E-state index >= 15 is 0 Å². The van der Waals surface area contributed by atoms with E-state index in [2.05, 4.69) is 10.3 Å². The molecule has 4 nitrogen and oxygen atoms in total. The molecule has 138 valence electrons. The molecule has 1 amide bonds. The Labute approximate surface area is 158 Å². The summed E-state index contributed by atoms with van der Waals surface area (Å²) >= 11 is 0. The minimum absolute atomic E-state index is 0. The molecule has 26 heavy (non-hydrogen) atoms. The molecule has 0 saturated carbocycles. The zero-order chi connectivity index (χ0) is 18.0. The highest BCUT2D eigenvalue weighted by molar-refractivity contribution is 5.86. The normalized spacial score (nSPS) is 13.1. The molecule has 2 atom stereocenters. The number of nitrogens with one attached hydrogen (secondary N) is 2. The third-order valence-corrected chi connectivity index (χ3v) is 4.51. The van der Waals surface area contributed by atoms with E-state index in [1.165, 1.54) is 6.07 Å². The second-order valence-electron chi connectivity index (χ2n) is 6.41. The van der Waals surface area contributed by atoms with E-state index in [4.69, 9.17) is 5.73 Å². The maximum Gasteiger partial charge on any atom is 0.237 e. The number of H-pyrrole nitrogens is 1. The predicted octanol–water partition coefficient (Wildman–Crippen LogP) is 3.78. The van der Waals surface area contributed by atoms with Gasteiger partial charge in [-0.05, 0) is 49.1 Å². The van der Waals surface area contributed by atoms with Crippen LogP contribution in [0, 0.1) is 12.7 Å². The molecule has 3 aromatic rings. The van der Waals surface area contributed by atoms with Crippen LogP contribution >= 0.6 is 12.4 Å². The van der Waals surface area contributed by atoms with Gasteiger partial charge in [0.15, 0.2) is 0 Å². The van der Waals surface area contributed by atoms with Gasteiger partial charge in [-0.25, -0.2) is 4.39 Å². The predicted molar refractivity (Wildman–Crippen MR) is 105 cm³/mol. The summed E-state index contributed by atoms with van der Waals surface area (Å²) in [5.74, 6) is -0.527. The average Bonchev–Trinajstić information content (AvgIpc) is 3.00. The Hall–Kier alpha value is -2.37. The quantitative estimate of drug-likeness (QED) is 0.635. The fourth-order valence-electron chi connectivity index (χ4n) is 2.91. The summed E-state index contributed by atoms with van der Waals surface area (Å²) in [4.78, 5) is 15.6. The number of rotatable bonds is 5. The monoisotopic (exact) mass is 375 g/mol. The van der Waals surface area contributed by atoms with Crippen LogP contribution in [0.1, 0.15) is 29.7 Å². The topological polar surface area (TPSA) is 70.9 Å². The summed E-state index contributed by atoms with van der Waals surface area (Å²) in [7, 11) is 0. The maximum absolute atomic E-state index is 13.7. The van der Waals surface area contributed by atoms with Gasteiger partial charge in [-0.15, -0.1) is 12.4 Å². The Morgan fingerprint density at radius 2 is 2.00 bits per heavy atom. The first-order valence-electron chi connectivity index (χ1n) is 8.32. The molecule has 3 rings (SSSR count). The molecular weight excluding hydrogens is 353 g/mol. The van der Waals surface area contributed by atoms with Gasteiger partial charge in [0.1, 0.15) is 5.82 Å². The van der Waals surface area contributed by atoms with E-state index in [-0.39, 0.29) is 30.2 Å². The fourth-order valence-corrected chi connectivity index (χ4v) is 2.91. The summed E-state index contributed by atoms with van der Waals surface area (Å²) in [5, 5.41) is 3.93. The summed E-state index contributed by atoms with van der Waals surface area (Å²) in [6.07, 6.45) is 2.32. The van der Waals surface area contributed by atoms with E-state index in [9.17, 15) is 9.18 Å². The molecule has 1 heterocycles. The first kappa shape index (κ1) is 19.9. The molecule has 4 N–H and O–H groups in total.